The number of hydroxylamine groups is 1. The van der Waals surface area contributed by atoms with Gasteiger partial charge in [-0.15, -0.1) is 0 Å². The molecule has 0 aromatic heterocycles. The fourth-order valence-electron chi connectivity index (χ4n) is 2.66. The summed E-state index contributed by atoms with van der Waals surface area (Å²) in [6, 6.07) is 12.5. The van der Waals surface area contributed by atoms with Crippen molar-refractivity contribution in [2.24, 2.45) is 5.14 Å². The van der Waals surface area contributed by atoms with E-state index in [1.165, 1.54) is 24.7 Å². The Morgan fingerprint density at radius 3 is 2.03 bits per heavy atom. The Hall–Kier alpha value is -3.28. The number of carbonyl (C=O) groups is 3. The van der Waals surface area contributed by atoms with E-state index in [0.717, 1.165) is 4.90 Å². The van der Waals surface area contributed by atoms with Gasteiger partial charge in [-0.2, -0.15) is 0 Å². The van der Waals surface area contributed by atoms with Gasteiger partial charge in [-0.25, -0.2) is 19.0 Å². The highest BCUT2D eigenvalue weighted by molar-refractivity contribution is 7.89. The first kappa shape index (κ1) is 23.0. The van der Waals surface area contributed by atoms with E-state index in [0.29, 0.717) is 23.3 Å². The molecule has 1 aliphatic rings. The van der Waals surface area contributed by atoms with Crippen LogP contribution in [0.3, 0.4) is 0 Å². The van der Waals surface area contributed by atoms with Crippen LogP contribution in [-0.4, -0.2) is 49.9 Å². The lowest BCUT2D eigenvalue weighted by atomic mass is 10.1. The number of benzene rings is 2. The Labute approximate surface area is 173 Å². The lowest BCUT2D eigenvalue weighted by Crippen LogP contribution is -2.31. The summed E-state index contributed by atoms with van der Waals surface area (Å²) in [5, 5.41) is 13.2. The van der Waals surface area contributed by atoms with Crippen molar-refractivity contribution in [2.75, 3.05) is 13.7 Å². The topological polar surface area (TPSA) is 156 Å². The fourth-order valence-corrected chi connectivity index (χ4v) is 3.18. The first-order valence-electron chi connectivity index (χ1n) is 8.74. The number of primary sulfonamides is 1. The van der Waals surface area contributed by atoms with Crippen LogP contribution in [0.15, 0.2) is 53.4 Å². The van der Waals surface area contributed by atoms with E-state index in [2.05, 4.69) is 0 Å². The number of amides is 3. The molecule has 2 aromatic carbocycles. The summed E-state index contributed by atoms with van der Waals surface area (Å²) < 4.78 is 26.4. The van der Waals surface area contributed by atoms with Crippen LogP contribution in [0.25, 0.3) is 0 Å². The number of sulfonamides is 1. The van der Waals surface area contributed by atoms with Gasteiger partial charge in [-0.3, -0.25) is 24.5 Å². The van der Waals surface area contributed by atoms with Crippen LogP contribution in [0, 0.1) is 0 Å². The van der Waals surface area contributed by atoms with E-state index in [9.17, 15) is 22.8 Å². The van der Waals surface area contributed by atoms with E-state index in [1.807, 2.05) is 0 Å². The van der Waals surface area contributed by atoms with Gasteiger partial charge in [0.25, 0.3) is 11.8 Å². The van der Waals surface area contributed by atoms with Crippen LogP contribution in [0.1, 0.15) is 33.6 Å². The minimum atomic E-state index is -3.58. The molecule has 0 saturated carbocycles. The zero-order valence-corrected chi connectivity index (χ0v) is 16.9. The molecule has 0 unspecified atom stereocenters. The van der Waals surface area contributed by atoms with Gasteiger partial charge in [0.2, 0.25) is 15.9 Å². The summed E-state index contributed by atoms with van der Waals surface area (Å²) in [6.07, 6.45) is 0.377. The highest BCUT2D eigenvalue weighted by atomic mass is 32.2. The second-order valence-electron chi connectivity index (χ2n) is 6.17. The Bertz CT molecular complexity index is 1000. The lowest BCUT2D eigenvalue weighted by molar-refractivity contribution is -0.129. The molecule has 0 spiro atoms. The molecule has 2 aromatic rings. The van der Waals surface area contributed by atoms with Crippen molar-refractivity contribution < 1.29 is 32.7 Å². The van der Waals surface area contributed by atoms with Gasteiger partial charge < -0.3 is 4.74 Å². The predicted octanol–water partition coefficient (Wildman–Crippen LogP) is 0.911. The Kier molecular flexibility index (Phi) is 7.64. The molecule has 4 N–H and O–H groups in total. The third-order valence-electron chi connectivity index (χ3n) is 4.18. The van der Waals surface area contributed by atoms with Crippen LogP contribution < -0.4 is 15.4 Å². The quantitative estimate of drug-likeness (QED) is 0.346. The van der Waals surface area contributed by atoms with Gasteiger partial charge in [-0.05, 0) is 42.8 Å². The lowest BCUT2D eigenvalue weighted by Gasteiger charge is -2.12. The van der Waals surface area contributed by atoms with Gasteiger partial charge in [0.15, 0.2) is 0 Å². The van der Waals surface area contributed by atoms with Crippen molar-refractivity contribution in [1.29, 1.82) is 0 Å². The molecule has 3 amide bonds. The number of rotatable bonds is 6. The minimum Gasteiger partial charge on any atom is -0.497 e. The second-order valence-corrected chi connectivity index (χ2v) is 7.73. The summed E-state index contributed by atoms with van der Waals surface area (Å²) in [6.45, 7) is 0.166. The van der Waals surface area contributed by atoms with Crippen molar-refractivity contribution in [1.82, 2.24) is 10.4 Å². The second kappa shape index (κ2) is 9.96. The van der Waals surface area contributed by atoms with Gasteiger partial charge in [0.05, 0.1) is 23.1 Å². The van der Waals surface area contributed by atoms with Gasteiger partial charge in [0, 0.05) is 13.0 Å². The third-order valence-corrected chi connectivity index (χ3v) is 5.11. The molecule has 1 aliphatic heterocycles. The Morgan fingerprint density at radius 1 is 1.07 bits per heavy atom. The van der Waals surface area contributed by atoms with Gasteiger partial charge in [-0.1, -0.05) is 12.1 Å². The molecule has 1 heterocycles. The van der Waals surface area contributed by atoms with Crippen molar-refractivity contribution in [3.63, 3.8) is 0 Å². The molecule has 30 heavy (non-hydrogen) atoms. The predicted molar refractivity (Wildman–Crippen MR) is 105 cm³/mol. The first-order chi connectivity index (χ1) is 14.2. The number of nitrogens with two attached hydrogens (primary N) is 1. The van der Waals surface area contributed by atoms with Crippen LogP contribution in [0.2, 0.25) is 0 Å². The van der Waals surface area contributed by atoms with E-state index in [1.54, 1.807) is 36.4 Å². The van der Waals surface area contributed by atoms with Crippen molar-refractivity contribution in [3.05, 3.63) is 59.7 Å². The molecule has 0 atom stereocenters. The minimum absolute atomic E-state index is 0.0594. The standard InChI is InChI=1S/C12H12N2O4.C7H9NO3S/c15-10(13-18)6-3-7-14-11(16)8-4-1-2-5-9(8)12(14)17;1-11-6-2-4-7(5-3-6)12(8,9)10/h1-2,4-5,18H,3,6-7H2,(H,13,15);2-5H,1H3,(H2,8,9,10). The molecule has 160 valence electrons. The number of methoxy groups -OCH3 is 1. The van der Waals surface area contributed by atoms with E-state index in [-0.39, 0.29) is 29.7 Å². The Morgan fingerprint density at radius 2 is 1.60 bits per heavy atom. The SMILES string of the molecule is COc1ccc(S(N)(=O)=O)cc1.O=C(CCCN1C(=O)c2ccccc2C1=O)NO. The summed E-state index contributed by atoms with van der Waals surface area (Å²) in [7, 11) is -2.08. The zero-order valence-electron chi connectivity index (χ0n) is 16.1. The summed E-state index contributed by atoms with van der Waals surface area (Å²) in [5.74, 6) is -0.603. The molecule has 0 bridgehead atoms. The maximum Gasteiger partial charge on any atom is 0.261 e. The molecule has 3 rings (SSSR count). The third kappa shape index (κ3) is 5.63. The highest BCUT2D eigenvalue weighted by Gasteiger charge is 2.34. The maximum absolute atomic E-state index is 11.9. The van der Waals surface area contributed by atoms with Crippen LogP contribution >= 0.6 is 0 Å². The van der Waals surface area contributed by atoms with E-state index < -0.39 is 15.9 Å². The van der Waals surface area contributed by atoms with E-state index in [4.69, 9.17) is 15.1 Å². The number of nitrogens with one attached hydrogen (secondary N) is 1. The van der Waals surface area contributed by atoms with Gasteiger partial charge in [0.1, 0.15) is 5.75 Å². The molecule has 11 heteroatoms. The van der Waals surface area contributed by atoms with E-state index >= 15 is 0 Å². The van der Waals surface area contributed by atoms with Crippen molar-refractivity contribution in [2.45, 2.75) is 17.7 Å². The number of ether oxygens (including phenoxy) is 1. The normalized spacial score (nSPS) is 12.7. The number of carbonyl (C=O) groups excluding carboxylic acids is 3. The highest BCUT2D eigenvalue weighted by Crippen LogP contribution is 2.22. The number of nitrogens with zero attached hydrogens (tertiary/aromatic N) is 1. The average Bonchev–Trinajstić information content (AvgIpc) is 2.98. The number of hydrogen-bond acceptors (Lipinski definition) is 7. The molecule has 0 aliphatic carbocycles. The fraction of sp³-hybridized carbons (Fsp3) is 0.211. The Balaban J connectivity index is 0.000000232. The number of fused-ring (bicyclic) bond motifs is 1. The number of hydrogen-bond donors (Lipinski definition) is 3. The molecular formula is C19H21N3O7S. The van der Waals surface area contributed by atoms with Crippen molar-refractivity contribution >= 4 is 27.7 Å². The van der Waals surface area contributed by atoms with Crippen LogP contribution in [0.4, 0.5) is 0 Å². The first-order valence-corrected chi connectivity index (χ1v) is 10.3. The van der Waals surface area contributed by atoms with Crippen LogP contribution in [0.5, 0.6) is 5.75 Å². The van der Waals surface area contributed by atoms with Gasteiger partial charge >= 0.3 is 0 Å². The molecule has 0 fully saturated rings. The monoisotopic (exact) mass is 435 g/mol. The summed E-state index contributed by atoms with van der Waals surface area (Å²) >= 11 is 0. The largest absolute Gasteiger partial charge is 0.497 e. The molecule has 10 nitrogen and oxygen atoms in total. The summed E-state index contributed by atoms with van der Waals surface area (Å²) in [5.41, 5.74) is 2.30. The molecule has 0 radical (unpaired) electrons. The summed E-state index contributed by atoms with van der Waals surface area (Å²) in [4.78, 5) is 35.8. The van der Waals surface area contributed by atoms with Crippen LogP contribution in [-0.2, 0) is 14.8 Å². The zero-order chi connectivity index (χ0) is 22.3. The van der Waals surface area contributed by atoms with Crippen molar-refractivity contribution in [3.8, 4) is 5.75 Å². The molecular weight excluding hydrogens is 414 g/mol. The number of imide groups is 1. The maximum atomic E-state index is 11.9. The smallest absolute Gasteiger partial charge is 0.261 e. The average molecular weight is 435 g/mol. The molecule has 0 saturated heterocycles.